The minimum atomic E-state index is -1.19. The standard InChI is InChI=1S/C17H23NO6/c1-17(2,3)24-14(19)9-13(15(20)21)10-18-16(22)23-11-12-7-5-4-6-8-12/h4-8,13H,9-11H2,1-3H3,(H,18,22)(H,20,21)/t13-/m1/s1. The number of amides is 1. The number of aliphatic carboxylic acids is 1. The molecule has 24 heavy (non-hydrogen) atoms. The number of carboxylic acid groups (broad SMARTS) is 1. The second kappa shape index (κ2) is 8.90. The average molecular weight is 337 g/mol. The predicted molar refractivity (Wildman–Crippen MR) is 86.2 cm³/mol. The van der Waals surface area contributed by atoms with E-state index in [1.165, 1.54) is 0 Å². The van der Waals surface area contributed by atoms with Gasteiger partial charge in [0.2, 0.25) is 0 Å². The Balaban J connectivity index is 2.41. The molecule has 132 valence electrons. The van der Waals surface area contributed by atoms with Crippen LogP contribution in [0.1, 0.15) is 32.8 Å². The van der Waals surface area contributed by atoms with Gasteiger partial charge in [-0.15, -0.1) is 0 Å². The molecule has 0 saturated carbocycles. The fourth-order valence-corrected chi connectivity index (χ4v) is 1.81. The first-order valence-electron chi connectivity index (χ1n) is 7.56. The summed E-state index contributed by atoms with van der Waals surface area (Å²) < 4.78 is 10.1. The number of benzene rings is 1. The van der Waals surface area contributed by atoms with Crippen LogP contribution in [0.25, 0.3) is 0 Å². The van der Waals surface area contributed by atoms with Crippen molar-refractivity contribution in [3.05, 3.63) is 35.9 Å². The van der Waals surface area contributed by atoms with Gasteiger partial charge in [0, 0.05) is 6.54 Å². The number of rotatable bonds is 7. The van der Waals surface area contributed by atoms with Crippen LogP contribution in [0.2, 0.25) is 0 Å². The fraction of sp³-hybridized carbons (Fsp3) is 0.471. The minimum absolute atomic E-state index is 0.0798. The van der Waals surface area contributed by atoms with Crippen molar-refractivity contribution in [2.45, 2.75) is 39.4 Å². The minimum Gasteiger partial charge on any atom is -0.481 e. The molecule has 0 unspecified atom stereocenters. The molecule has 7 nitrogen and oxygen atoms in total. The van der Waals surface area contributed by atoms with Crippen molar-refractivity contribution in [1.29, 1.82) is 0 Å². The van der Waals surface area contributed by atoms with Crippen molar-refractivity contribution >= 4 is 18.0 Å². The van der Waals surface area contributed by atoms with Crippen LogP contribution in [0.15, 0.2) is 30.3 Å². The van der Waals surface area contributed by atoms with Gasteiger partial charge in [0.05, 0.1) is 12.3 Å². The highest BCUT2D eigenvalue weighted by Crippen LogP contribution is 2.12. The van der Waals surface area contributed by atoms with E-state index in [4.69, 9.17) is 14.6 Å². The summed E-state index contributed by atoms with van der Waals surface area (Å²) in [4.78, 5) is 34.5. The van der Waals surface area contributed by atoms with E-state index >= 15 is 0 Å². The lowest BCUT2D eigenvalue weighted by Crippen LogP contribution is -2.35. The van der Waals surface area contributed by atoms with Gasteiger partial charge < -0.3 is 19.9 Å². The van der Waals surface area contributed by atoms with Gasteiger partial charge in [-0.1, -0.05) is 30.3 Å². The molecule has 7 heteroatoms. The summed E-state index contributed by atoms with van der Waals surface area (Å²) in [7, 11) is 0. The molecular formula is C17H23NO6. The molecule has 0 aliphatic carbocycles. The first-order chi connectivity index (χ1) is 11.2. The molecule has 1 atom stereocenters. The van der Waals surface area contributed by atoms with Gasteiger partial charge in [0.15, 0.2) is 0 Å². The smallest absolute Gasteiger partial charge is 0.407 e. The van der Waals surface area contributed by atoms with Crippen molar-refractivity contribution < 1.29 is 29.0 Å². The van der Waals surface area contributed by atoms with Crippen molar-refractivity contribution in [2.75, 3.05) is 6.54 Å². The van der Waals surface area contributed by atoms with Crippen LogP contribution in [0.4, 0.5) is 4.79 Å². The molecule has 1 rings (SSSR count). The lowest BCUT2D eigenvalue weighted by molar-refractivity contribution is -0.159. The third-order valence-electron chi connectivity index (χ3n) is 2.89. The zero-order valence-corrected chi connectivity index (χ0v) is 14.1. The van der Waals surface area contributed by atoms with E-state index in [0.29, 0.717) is 0 Å². The molecule has 0 saturated heterocycles. The van der Waals surface area contributed by atoms with Crippen LogP contribution in [0.5, 0.6) is 0 Å². The summed E-state index contributed by atoms with van der Waals surface area (Å²) in [5.74, 6) is -2.90. The van der Waals surface area contributed by atoms with Gasteiger partial charge in [-0.05, 0) is 26.3 Å². The van der Waals surface area contributed by atoms with E-state index in [9.17, 15) is 14.4 Å². The molecule has 0 radical (unpaired) electrons. The van der Waals surface area contributed by atoms with E-state index in [0.717, 1.165) is 5.56 Å². The number of nitrogens with one attached hydrogen (secondary N) is 1. The molecule has 0 fully saturated rings. The number of carboxylic acids is 1. The molecule has 1 amide bonds. The van der Waals surface area contributed by atoms with Crippen LogP contribution in [0, 0.1) is 5.92 Å². The van der Waals surface area contributed by atoms with Crippen LogP contribution in [0.3, 0.4) is 0 Å². The highest BCUT2D eigenvalue weighted by atomic mass is 16.6. The molecule has 0 spiro atoms. The van der Waals surface area contributed by atoms with E-state index in [2.05, 4.69) is 5.32 Å². The highest BCUT2D eigenvalue weighted by Gasteiger charge is 2.25. The zero-order valence-electron chi connectivity index (χ0n) is 14.1. The molecule has 0 bridgehead atoms. The number of carbonyl (C=O) groups is 3. The second-order valence-corrected chi connectivity index (χ2v) is 6.27. The highest BCUT2D eigenvalue weighted by molar-refractivity contribution is 5.79. The van der Waals surface area contributed by atoms with Gasteiger partial charge in [-0.3, -0.25) is 9.59 Å². The van der Waals surface area contributed by atoms with Gasteiger partial charge in [0.1, 0.15) is 12.2 Å². The summed E-state index contributed by atoms with van der Waals surface area (Å²) in [6, 6.07) is 9.08. The number of hydrogen-bond donors (Lipinski definition) is 2. The van der Waals surface area contributed by atoms with Crippen molar-refractivity contribution in [3.63, 3.8) is 0 Å². The lowest BCUT2D eigenvalue weighted by atomic mass is 10.1. The zero-order chi connectivity index (χ0) is 18.2. The number of ether oxygens (including phenoxy) is 2. The summed E-state index contributed by atoms with van der Waals surface area (Å²) in [6.07, 6.45) is -1.07. The van der Waals surface area contributed by atoms with E-state index in [1.807, 2.05) is 18.2 Å². The molecule has 1 aromatic carbocycles. The first kappa shape index (κ1) is 19.5. The lowest BCUT2D eigenvalue weighted by Gasteiger charge is -2.21. The van der Waals surface area contributed by atoms with Gasteiger partial charge in [-0.2, -0.15) is 0 Å². The Morgan fingerprint density at radius 2 is 1.79 bits per heavy atom. The SMILES string of the molecule is CC(C)(C)OC(=O)C[C@H](CNC(=O)OCc1ccccc1)C(=O)O. The normalized spacial score (nSPS) is 12.1. The van der Waals surface area contributed by atoms with E-state index in [-0.39, 0.29) is 19.6 Å². The molecule has 0 aliphatic heterocycles. The van der Waals surface area contributed by atoms with Gasteiger partial charge in [-0.25, -0.2) is 4.79 Å². The second-order valence-electron chi connectivity index (χ2n) is 6.27. The molecular weight excluding hydrogens is 314 g/mol. The molecule has 1 aromatic rings. The largest absolute Gasteiger partial charge is 0.481 e. The Bertz CT molecular complexity index is 564. The van der Waals surface area contributed by atoms with Gasteiger partial charge >= 0.3 is 18.0 Å². The Morgan fingerprint density at radius 1 is 1.17 bits per heavy atom. The third kappa shape index (κ3) is 8.17. The molecule has 0 aromatic heterocycles. The Morgan fingerprint density at radius 3 is 2.33 bits per heavy atom. The summed E-state index contributed by atoms with van der Waals surface area (Å²) in [5.41, 5.74) is 0.124. The molecule has 2 N–H and O–H groups in total. The Hall–Kier alpha value is -2.57. The van der Waals surface area contributed by atoms with Crippen LogP contribution in [-0.2, 0) is 25.7 Å². The summed E-state index contributed by atoms with van der Waals surface area (Å²) in [5, 5.41) is 11.5. The molecule has 0 aliphatic rings. The van der Waals surface area contributed by atoms with E-state index in [1.54, 1.807) is 32.9 Å². The average Bonchev–Trinajstić information content (AvgIpc) is 2.48. The number of hydrogen-bond acceptors (Lipinski definition) is 5. The topological polar surface area (TPSA) is 102 Å². The van der Waals surface area contributed by atoms with Crippen molar-refractivity contribution in [3.8, 4) is 0 Å². The Kier molecular flexibility index (Phi) is 7.23. The first-order valence-corrected chi connectivity index (χ1v) is 7.56. The van der Waals surface area contributed by atoms with Crippen LogP contribution < -0.4 is 5.32 Å². The van der Waals surface area contributed by atoms with Crippen LogP contribution >= 0.6 is 0 Å². The van der Waals surface area contributed by atoms with Crippen molar-refractivity contribution in [1.82, 2.24) is 5.32 Å². The maximum Gasteiger partial charge on any atom is 0.407 e. The molecule has 0 heterocycles. The fourth-order valence-electron chi connectivity index (χ4n) is 1.81. The maximum absolute atomic E-state index is 11.7. The van der Waals surface area contributed by atoms with Crippen LogP contribution in [-0.4, -0.2) is 35.3 Å². The maximum atomic E-state index is 11.7. The van der Waals surface area contributed by atoms with E-state index < -0.39 is 29.6 Å². The monoisotopic (exact) mass is 337 g/mol. The van der Waals surface area contributed by atoms with Crippen molar-refractivity contribution in [2.24, 2.45) is 5.92 Å². The quantitative estimate of drug-likeness (QED) is 0.741. The number of carbonyl (C=O) groups excluding carboxylic acids is 2. The third-order valence-corrected chi connectivity index (χ3v) is 2.89. The summed E-state index contributed by atoms with van der Waals surface area (Å²) in [6.45, 7) is 4.94. The van der Waals surface area contributed by atoms with Gasteiger partial charge in [0.25, 0.3) is 0 Å². The number of alkyl carbamates (subject to hydrolysis) is 1. The predicted octanol–water partition coefficient (Wildman–Crippen LogP) is 2.35. The Labute approximate surface area is 141 Å². The number of esters is 1. The summed E-state index contributed by atoms with van der Waals surface area (Å²) >= 11 is 0.